The Labute approximate surface area is 135 Å². The summed E-state index contributed by atoms with van der Waals surface area (Å²) in [6.07, 6.45) is -4.40. The van der Waals surface area contributed by atoms with Crippen LogP contribution in [0, 0.1) is 6.92 Å². The minimum atomic E-state index is -4.40. The maximum atomic E-state index is 12.9. The van der Waals surface area contributed by atoms with Crippen LogP contribution in [-0.4, -0.2) is 16.7 Å². The number of halogens is 3. The van der Waals surface area contributed by atoms with Gasteiger partial charge in [-0.1, -0.05) is 19.1 Å². The standard InChI is InChI=1S/C15H16F3NOS2/c1-3-21-8-19-14-12(13(20)9(2)22-14)10-5-4-6-11(7-10)15(16,17)18/h4-7,19-20H,3,8H2,1-2H3. The SMILES string of the molecule is CCSCNc1sc(C)c(O)c1-c1cccc(C(F)(F)F)c1. The molecule has 2 aromatic rings. The highest BCUT2D eigenvalue weighted by Crippen LogP contribution is 2.46. The van der Waals surface area contributed by atoms with Crippen molar-refractivity contribution in [2.24, 2.45) is 0 Å². The smallest absolute Gasteiger partial charge is 0.416 e. The summed E-state index contributed by atoms with van der Waals surface area (Å²) in [4.78, 5) is 0.677. The maximum absolute atomic E-state index is 12.9. The number of aromatic hydroxyl groups is 1. The summed E-state index contributed by atoms with van der Waals surface area (Å²) in [5.41, 5.74) is 0.0770. The molecule has 0 aliphatic rings. The molecule has 0 bridgehead atoms. The quantitative estimate of drug-likeness (QED) is 0.548. The molecular weight excluding hydrogens is 331 g/mol. The predicted molar refractivity (Wildman–Crippen MR) is 87.8 cm³/mol. The van der Waals surface area contributed by atoms with Crippen LogP contribution in [0.2, 0.25) is 0 Å². The van der Waals surface area contributed by atoms with Crippen LogP contribution in [0.15, 0.2) is 24.3 Å². The van der Waals surface area contributed by atoms with Crippen LogP contribution in [0.5, 0.6) is 5.75 Å². The van der Waals surface area contributed by atoms with E-state index in [0.29, 0.717) is 26.9 Å². The fraction of sp³-hybridized carbons (Fsp3) is 0.333. The molecule has 0 atom stereocenters. The van der Waals surface area contributed by atoms with Crippen molar-refractivity contribution in [2.75, 3.05) is 16.9 Å². The van der Waals surface area contributed by atoms with Crippen molar-refractivity contribution in [3.63, 3.8) is 0 Å². The summed E-state index contributed by atoms with van der Waals surface area (Å²) < 4.78 is 38.6. The zero-order valence-corrected chi connectivity index (χ0v) is 13.8. The van der Waals surface area contributed by atoms with Crippen molar-refractivity contribution < 1.29 is 18.3 Å². The fourth-order valence-electron chi connectivity index (χ4n) is 2.00. The van der Waals surface area contributed by atoms with E-state index >= 15 is 0 Å². The van der Waals surface area contributed by atoms with E-state index in [1.807, 2.05) is 6.92 Å². The molecule has 2 rings (SSSR count). The lowest BCUT2D eigenvalue weighted by Gasteiger charge is -2.11. The van der Waals surface area contributed by atoms with Crippen LogP contribution < -0.4 is 5.32 Å². The number of thiophene rings is 1. The van der Waals surface area contributed by atoms with Crippen LogP contribution in [-0.2, 0) is 6.18 Å². The molecule has 1 aromatic carbocycles. The van der Waals surface area contributed by atoms with Gasteiger partial charge in [-0.15, -0.1) is 23.1 Å². The van der Waals surface area contributed by atoms with Crippen LogP contribution in [0.1, 0.15) is 17.4 Å². The maximum Gasteiger partial charge on any atom is 0.416 e. The molecule has 0 unspecified atom stereocenters. The van der Waals surface area contributed by atoms with Crippen molar-refractivity contribution in [1.29, 1.82) is 0 Å². The van der Waals surface area contributed by atoms with Gasteiger partial charge in [0.15, 0.2) is 0 Å². The third-order valence-electron chi connectivity index (χ3n) is 3.07. The Morgan fingerprint density at radius 1 is 1.32 bits per heavy atom. The van der Waals surface area contributed by atoms with Crippen molar-refractivity contribution in [3.05, 3.63) is 34.7 Å². The van der Waals surface area contributed by atoms with Crippen molar-refractivity contribution >= 4 is 28.1 Å². The average Bonchev–Trinajstić information content (AvgIpc) is 2.74. The number of rotatable bonds is 5. The molecule has 0 saturated heterocycles. The molecule has 0 aliphatic heterocycles. The van der Waals surface area contributed by atoms with E-state index in [2.05, 4.69) is 5.32 Å². The van der Waals surface area contributed by atoms with Gasteiger partial charge < -0.3 is 10.4 Å². The Kier molecular flexibility index (Phi) is 5.28. The number of thioether (sulfide) groups is 1. The van der Waals surface area contributed by atoms with E-state index in [0.717, 1.165) is 17.9 Å². The second-order valence-corrected chi connectivity index (χ2v) is 7.10. The molecule has 2 nitrogen and oxygen atoms in total. The van der Waals surface area contributed by atoms with Crippen LogP contribution in [0.25, 0.3) is 11.1 Å². The fourth-order valence-corrected chi connectivity index (χ4v) is 3.51. The van der Waals surface area contributed by atoms with Gasteiger partial charge >= 0.3 is 6.18 Å². The summed E-state index contributed by atoms with van der Waals surface area (Å²) in [6, 6.07) is 5.03. The molecule has 7 heteroatoms. The number of benzene rings is 1. The molecule has 22 heavy (non-hydrogen) atoms. The molecule has 0 spiro atoms. The van der Waals surface area contributed by atoms with E-state index in [1.165, 1.54) is 17.4 Å². The Balaban J connectivity index is 2.43. The highest BCUT2D eigenvalue weighted by molar-refractivity contribution is 7.99. The average molecular weight is 347 g/mol. The first-order valence-corrected chi connectivity index (χ1v) is 8.63. The van der Waals surface area contributed by atoms with Crippen molar-refractivity contribution in [2.45, 2.75) is 20.0 Å². The zero-order chi connectivity index (χ0) is 16.3. The summed E-state index contributed by atoms with van der Waals surface area (Å²) in [5, 5.41) is 14.1. The van der Waals surface area contributed by atoms with Crippen molar-refractivity contribution in [3.8, 4) is 16.9 Å². The minimum absolute atomic E-state index is 0.0355. The van der Waals surface area contributed by atoms with Gasteiger partial charge in [0, 0.05) is 4.88 Å². The number of anilines is 1. The number of hydrogen-bond donors (Lipinski definition) is 2. The van der Waals surface area contributed by atoms with E-state index in [9.17, 15) is 18.3 Å². The monoisotopic (exact) mass is 347 g/mol. The zero-order valence-electron chi connectivity index (χ0n) is 12.1. The van der Waals surface area contributed by atoms with Gasteiger partial charge in [0.2, 0.25) is 0 Å². The third-order valence-corrected chi connectivity index (χ3v) is 4.88. The molecule has 2 N–H and O–H groups in total. The predicted octanol–water partition coefficient (Wildman–Crippen LogP) is 5.57. The van der Waals surface area contributed by atoms with Crippen LogP contribution in [0.3, 0.4) is 0 Å². The van der Waals surface area contributed by atoms with Gasteiger partial charge in [0.25, 0.3) is 0 Å². The molecule has 120 valence electrons. The van der Waals surface area contributed by atoms with Gasteiger partial charge in [-0.25, -0.2) is 0 Å². The highest BCUT2D eigenvalue weighted by Gasteiger charge is 2.31. The Bertz CT molecular complexity index is 653. The molecule has 1 heterocycles. The van der Waals surface area contributed by atoms with E-state index in [1.54, 1.807) is 24.8 Å². The number of aryl methyl sites for hydroxylation is 1. The highest BCUT2D eigenvalue weighted by atomic mass is 32.2. The van der Waals surface area contributed by atoms with Crippen molar-refractivity contribution in [1.82, 2.24) is 0 Å². The molecule has 0 radical (unpaired) electrons. The topological polar surface area (TPSA) is 32.3 Å². The van der Waals surface area contributed by atoms with Crippen LogP contribution >= 0.6 is 23.1 Å². The number of alkyl halides is 3. The summed E-state index contributed by atoms with van der Waals surface area (Å²) in [7, 11) is 0. The Morgan fingerprint density at radius 3 is 2.68 bits per heavy atom. The summed E-state index contributed by atoms with van der Waals surface area (Å²) in [5.74, 6) is 1.61. The molecule has 0 amide bonds. The molecular formula is C15H16F3NOS2. The summed E-state index contributed by atoms with van der Waals surface area (Å²) >= 11 is 3.01. The lowest BCUT2D eigenvalue weighted by atomic mass is 10.0. The number of hydrogen-bond acceptors (Lipinski definition) is 4. The summed E-state index contributed by atoms with van der Waals surface area (Å²) in [6.45, 7) is 3.77. The van der Waals surface area contributed by atoms with Gasteiger partial charge in [0.1, 0.15) is 10.8 Å². The third kappa shape index (κ3) is 3.70. The van der Waals surface area contributed by atoms with E-state index < -0.39 is 11.7 Å². The normalized spacial score (nSPS) is 11.7. The minimum Gasteiger partial charge on any atom is -0.506 e. The Hall–Kier alpha value is -1.34. The first-order chi connectivity index (χ1) is 10.3. The van der Waals surface area contributed by atoms with Gasteiger partial charge in [-0.05, 0) is 30.4 Å². The molecule has 1 aromatic heterocycles. The molecule has 0 aliphatic carbocycles. The second-order valence-electron chi connectivity index (χ2n) is 4.60. The van der Waals surface area contributed by atoms with Crippen LogP contribution in [0.4, 0.5) is 18.2 Å². The lowest BCUT2D eigenvalue weighted by molar-refractivity contribution is -0.137. The number of nitrogens with one attached hydrogen (secondary N) is 1. The largest absolute Gasteiger partial charge is 0.506 e. The Morgan fingerprint density at radius 2 is 2.05 bits per heavy atom. The first-order valence-electron chi connectivity index (χ1n) is 6.66. The molecule has 0 fully saturated rings. The van der Waals surface area contributed by atoms with E-state index in [4.69, 9.17) is 0 Å². The lowest BCUT2D eigenvalue weighted by Crippen LogP contribution is -2.04. The van der Waals surface area contributed by atoms with Gasteiger partial charge in [0.05, 0.1) is 17.0 Å². The molecule has 0 saturated carbocycles. The van der Waals surface area contributed by atoms with Gasteiger partial charge in [-0.2, -0.15) is 13.2 Å². The first kappa shape index (κ1) is 17.0. The second kappa shape index (κ2) is 6.83. The van der Waals surface area contributed by atoms with Gasteiger partial charge in [-0.3, -0.25) is 0 Å². The van der Waals surface area contributed by atoms with E-state index in [-0.39, 0.29) is 5.75 Å².